The summed E-state index contributed by atoms with van der Waals surface area (Å²) in [6.07, 6.45) is 2.76. The molecule has 1 aromatic carbocycles. The highest BCUT2D eigenvalue weighted by atomic mass is 35.5. The van der Waals surface area contributed by atoms with Gasteiger partial charge in [-0.1, -0.05) is 61.0 Å². The molecule has 7 heteroatoms. The molecule has 4 nitrogen and oxygen atoms in total. The van der Waals surface area contributed by atoms with Crippen LogP contribution in [0.25, 0.3) is 0 Å². The molecular formula is C13H15Cl3O4. The molecule has 2 N–H and O–H groups in total. The first-order valence-corrected chi connectivity index (χ1v) is 7.32. The molecule has 112 valence electrons. The molecule has 0 unspecified atom stereocenters. The SMILES string of the molecule is CCCCCCc1c(Cl)c(Cl)c(Cl)c(O)c1OC(=O)O. The van der Waals surface area contributed by atoms with Crippen LogP contribution in [0.3, 0.4) is 0 Å². The molecule has 0 aromatic heterocycles. The van der Waals surface area contributed by atoms with Crippen molar-refractivity contribution in [3.63, 3.8) is 0 Å². The number of hydrogen-bond donors (Lipinski definition) is 2. The van der Waals surface area contributed by atoms with Crippen molar-refractivity contribution in [2.45, 2.75) is 39.0 Å². The Kier molecular flexibility index (Phi) is 6.72. The number of aromatic hydroxyl groups is 1. The first-order chi connectivity index (χ1) is 9.40. The maximum absolute atomic E-state index is 10.7. The number of phenolic OH excluding ortho intramolecular Hbond substituents is 1. The average Bonchev–Trinajstić information content (AvgIpc) is 2.41. The average molecular weight is 342 g/mol. The number of benzene rings is 1. The van der Waals surface area contributed by atoms with Crippen LogP contribution in [0.4, 0.5) is 4.79 Å². The third kappa shape index (κ3) is 4.08. The minimum absolute atomic E-state index is 0.00550. The summed E-state index contributed by atoms with van der Waals surface area (Å²) in [4.78, 5) is 10.7. The summed E-state index contributed by atoms with van der Waals surface area (Å²) in [5.74, 6) is -0.748. The molecule has 0 aliphatic carbocycles. The highest BCUT2D eigenvalue weighted by molar-refractivity contribution is 6.49. The summed E-state index contributed by atoms with van der Waals surface area (Å²) >= 11 is 17.8. The Labute approximate surface area is 132 Å². The van der Waals surface area contributed by atoms with Gasteiger partial charge >= 0.3 is 6.16 Å². The van der Waals surface area contributed by atoms with Crippen LogP contribution in [0.2, 0.25) is 15.1 Å². The van der Waals surface area contributed by atoms with Crippen molar-refractivity contribution in [1.82, 2.24) is 0 Å². The minimum Gasteiger partial charge on any atom is -0.503 e. The molecule has 0 bridgehead atoms. The highest BCUT2D eigenvalue weighted by Gasteiger charge is 2.23. The number of unbranched alkanes of at least 4 members (excludes halogenated alkanes) is 3. The molecule has 1 aromatic rings. The summed E-state index contributed by atoms with van der Waals surface area (Å²) in [5.41, 5.74) is 0.358. The third-order valence-electron chi connectivity index (χ3n) is 2.82. The van der Waals surface area contributed by atoms with Crippen LogP contribution in [-0.2, 0) is 6.42 Å². The number of hydrogen-bond acceptors (Lipinski definition) is 3. The van der Waals surface area contributed by atoms with Crippen molar-refractivity contribution in [2.24, 2.45) is 0 Å². The van der Waals surface area contributed by atoms with Crippen LogP contribution in [0.15, 0.2) is 0 Å². The molecule has 0 amide bonds. The quantitative estimate of drug-likeness (QED) is 0.309. The predicted molar refractivity (Wildman–Crippen MR) is 79.6 cm³/mol. The Bertz CT molecular complexity index is 503. The second-order valence-electron chi connectivity index (χ2n) is 4.28. The van der Waals surface area contributed by atoms with Crippen molar-refractivity contribution in [1.29, 1.82) is 0 Å². The fourth-order valence-electron chi connectivity index (χ4n) is 1.82. The normalized spacial score (nSPS) is 10.6. The van der Waals surface area contributed by atoms with Crippen molar-refractivity contribution in [3.05, 3.63) is 20.6 Å². The van der Waals surface area contributed by atoms with Gasteiger partial charge in [-0.05, 0) is 12.8 Å². The van der Waals surface area contributed by atoms with E-state index < -0.39 is 11.9 Å². The van der Waals surface area contributed by atoms with E-state index in [4.69, 9.17) is 39.9 Å². The molecule has 0 spiro atoms. The van der Waals surface area contributed by atoms with Gasteiger partial charge in [-0.3, -0.25) is 0 Å². The molecule has 0 fully saturated rings. The Balaban J connectivity index is 3.13. The Morgan fingerprint density at radius 1 is 1.10 bits per heavy atom. The number of rotatable bonds is 6. The van der Waals surface area contributed by atoms with Gasteiger partial charge in [0.15, 0.2) is 11.5 Å². The van der Waals surface area contributed by atoms with E-state index in [1.54, 1.807) is 0 Å². The van der Waals surface area contributed by atoms with Crippen LogP contribution in [0.5, 0.6) is 11.5 Å². The molecule has 0 heterocycles. The lowest BCUT2D eigenvalue weighted by atomic mass is 10.0. The lowest BCUT2D eigenvalue weighted by Gasteiger charge is -2.14. The maximum atomic E-state index is 10.7. The molecular weight excluding hydrogens is 326 g/mol. The monoisotopic (exact) mass is 340 g/mol. The van der Waals surface area contributed by atoms with E-state index in [1.807, 2.05) is 0 Å². The molecule has 0 aliphatic rings. The van der Waals surface area contributed by atoms with Gasteiger partial charge in [0, 0.05) is 5.56 Å². The Morgan fingerprint density at radius 3 is 2.30 bits per heavy atom. The zero-order valence-corrected chi connectivity index (χ0v) is 13.1. The molecule has 1 rings (SSSR count). The molecule has 0 radical (unpaired) electrons. The summed E-state index contributed by atoms with van der Waals surface area (Å²) in [6.45, 7) is 2.08. The van der Waals surface area contributed by atoms with Gasteiger partial charge in [0.05, 0.1) is 10.0 Å². The Hall–Kier alpha value is -0.840. The van der Waals surface area contributed by atoms with E-state index in [0.29, 0.717) is 12.0 Å². The molecule has 0 saturated carbocycles. The number of carboxylic acid groups (broad SMARTS) is 1. The number of phenols is 1. The largest absolute Gasteiger partial charge is 0.511 e. The topological polar surface area (TPSA) is 66.8 Å². The highest BCUT2D eigenvalue weighted by Crippen LogP contribution is 2.47. The predicted octanol–water partition coefficient (Wildman–Crippen LogP) is 5.53. The summed E-state index contributed by atoms with van der Waals surface area (Å²) in [7, 11) is 0. The zero-order valence-electron chi connectivity index (χ0n) is 10.9. The summed E-state index contributed by atoms with van der Waals surface area (Å²) < 4.78 is 4.59. The lowest BCUT2D eigenvalue weighted by molar-refractivity contribution is 0.142. The smallest absolute Gasteiger partial charge is 0.503 e. The summed E-state index contributed by atoms with van der Waals surface area (Å²) in [5, 5.41) is 18.5. The fraction of sp³-hybridized carbons (Fsp3) is 0.462. The first-order valence-electron chi connectivity index (χ1n) is 6.19. The van der Waals surface area contributed by atoms with E-state index in [2.05, 4.69) is 11.7 Å². The summed E-state index contributed by atoms with van der Waals surface area (Å²) in [6, 6.07) is 0. The Morgan fingerprint density at radius 2 is 1.75 bits per heavy atom. The van der Waals surface area contributed by atoms with Crippen molar-refractivity contribution in [2.75, 3.05) is 0 Å². The van der Waals surface area contributed by atoms with Crippen molar-refractivity contribution < 1.29 is 19.7 Å². The number of halogens is 3. The minimum atomic E-state index is -1.55. The van der Waals surface area contributed by atoms with Crippen LogP contribution in [0, 0.1) is 0 Å². The van der Waals surface area contributed by atoms with Gasteiger partial charge in [-0.2, -0.15) is 0 Å². The third-order valence-corrected chi connectivity index (χ3v) is 4.17. The zero-order chi connectivity index (χ0) is 15.3. The molecule has 0 saturated heterocycles. The molecule has 0 atom stereocenters. The van der Waals surface area contributed by atoms with Gasteiger partial charge in [0.1, 0.15) is 5.02 Å². The van der Waals surface area contributed by atoms with Gasteiger partial charge in [-0.15, -0.1) is 0 Å². The standard InChI is InChI=1S/C13H15Cl3O4/c1-2-3-4-5-6-7-8(14)9(15)10(16)11(17)12(7)20-13(18)19/h17H,2-6H2,1H3,(H,18,19). The second kappa shape index (κ2) is 7.81. The fourth-order valence-corrected chi connectivity index (χ4v) is 2.53. The van der Waals surface area contributed by atoms with Crippen LogP contribution in [0.1, 0.15) is 38.2 Å². The van der Waals surface area contributed by atoms with Gasteiger partial charge in [0.25, 0.3) is 0 Å². The second-order valence-corrected chi connectivity index (χ2v) is 5.41. The van der Waals surface area contributed by atoms with Gasteiger partial charge < -0.3 is 14.9 Å². The first kappa shape index (κ1) is 17.2. The molecule has 0 aliphatic heterocycles. The van der Waals surface area contributed by atoms with Crippen molar-refractivity contribution >= 4 is 41.0 Å². The van der Waals surface area contributed by atoms with E-state index in [-0.39, 0.29) is 20.8 Å². The van der Waals surface area contributed by atoms with Gasteiger partial charge in [0.2, 0.25) is 0 Å². The molecule has 20 heavy (non-hydrogen) atoms. The van der Waals surface area contributed by atoms with Crippen LogP contribution in [-0.4, -0.2) is 16.4 Å². The van der Waals surface area contributed by atoms with Crippen molar-refractivity contribution in [3.8, 4) is 11.5 Å². The van der Waals surface area contributed by atoms with E-state index >= 15 is 0 Å². The van der Waals surface area contributed by atoms with Gasteiger partial charge in [-0.25, -0.2) is 4.79 Å². The maximum Gasteiger partial charge on any atom is 0.511 e. The van der Waals surface area contributed by atoms with E-state index in [0.717, 1.165) is 25.7 Å². The van der Waals surface area contributed by atoms with E-state index in [9.17, 15) is 9.90 Å². The number of ether oxygens (including phenoxy) is 1. The van der Waals surface area contributed by atoms with E-state index in [1.165, 1.54) is 0 Å². The number of carbonyl (C=O) groups is 1. The van der Waals surface area contributed by atoms with Crippen LogP contribution >= 0.6 is 34.8 Å². The van der Waals surface area contributed by atoms with Crippen LogP contribution < -0.4 is 4.74 Å². The lowest BCUT2D eigenvalue weighted by Crippen LogP contribution is -2.07.